The van der Waals surface area contributed by atoms with Crippen molar-refractivity contribution in [3.8, 4) is 0 Å². The number of fused-ring (bicyclic) bond motifs is 2. The van der Waals surface area contributed by atoms with E-state index in [-0.39, 0.29) is 0 Å². The van der Waals surface area contributed by atoms with Crippen molar-refractivity contribution in [3.63, 3.8) is 0 Å². The molecule has 0 saturated carbocycles. The molecule has 0 aliphatic heterocycles. The maximum absolute atomic E-state index is 6.27. The Labute approximate surface area is 104 Å². The Morgan fingerprint density at radius 2 is 1.75 bits per heavy atom. The highest BCUT2D eigenvalue weighted by molar-refractivity contribution is 6.48. The van der Waals surface area contributed by atoms with Crippen molar-refractivity contribution in [1.82, 2.24) is 9.97 Å². The van der Waals surface area contributed by atoms with Crippen molar-refractivity contribution in [2.75, 3.05) is 0 Å². The fourth-order valence-corrected chi connectivity index (χ4v) is 2.67. The van der Waals surface area contributed by atoms with Gasteiger partial charge in [0.05, 0.1) is 22.4 Å². The molecule has 0 N–H and O–H groups in total. The molecule has 0 radical (unpaired) electrons. The van der Waals surface area contributed by atoms with Crippen LogP contribution >= 0.6 is 23.2 Å². The molecule has 0 unspecified atom stereocenters. The number of aromatic nitrogens is 2. The number of rotatable bonds is 0. The Morgan fingerprint density at radius 3 is 2.50 bits per heavy atom. The highest BCUT2D eigenvalue weighted by Crippen LogP contribution is 2.42. The molecule has 1 heterocycles. The number of hydrogen-bond acceptors (Lipinski definition) is 2. The maximum Gasteiger partial charge on any atom is 0.161 e. The second kappa shape index (κ2) is 3.57. The van der Waals surface area contributed by atoms with Gasteiger partial charge in [-0.2, -0.15) is 0 Å². The number of benzene rings is 1. The van der Waals surface area contributed by atoms with Crippen molar-refractivity contribution in [2.45, 2.75) is 23.6 Å². The quantitative estimate of drug-likeness (QED) is 0.670. The van der Waals surface area contributed by atoms with Gasteiger partial charge in [0.25, 0.3) is 0 Å². The Bertz CT molecular complexity index is 552. The smallest absolute Gasteiger partial charge is 0.161 e. The normalized spacial score (nSPS) is 18.4. The van der Waals surface area contributed by atoms with Crippen LogP contribution in [0.25, 0.3) is 11.0 Å². The lowest BCUT2D eigenvalue weighted by atomic mass is 9.99. The van der Waals surface area contributed by atoms with Gasteiger partial charge in [0.2, 0.25) is 0 Å². The summed E-state index contributed by atoms with van der Waals surface area (Å²) in [5, 5.41) is 0. The van der Waals surface area contributed by atoms with E-state index in [0.29, 0.717) is 0 Å². The third-order valence-electron chi connectivity index (χ3n) is 2.89. The lowest BCUT2D eigenvalue weighted by Crippen LogP contribution is -2.21. The van der Waals surface area contributed by atoms with Crippen LogP contribution in [-0.4, -0.2) is 9.97 Å². The van der Waals surface area contributed by atoms with Crippen LogP contribution < -0.4 is 0 Å². The van der Waals surface area contributed by atoms with Crippen molar-refractivity contribution >= 4 is 34.2 Å². The molecule has 4 heteroatoms. The summed E-state index contributed by atoms with van der Waals surface area (Å²) in [6.07, 6.45) is 2.62. The molecule has 1 aliphatic carbocycles. The van der Waals surface area contributed by atoms with Crippen molar-refractivity contribution in [3.05, 3.63) is 35.7 Å². The summed E-state index contributed by atoms with van der Waals surface area (Å²) >= 11 is 12.5. The zero-order valence-corrected chi connectivity index (χ0v) is 10.1. The highest BCUT2D eigenvalue weighted by atomic mass is 35.5. The van der Waals surface area contributed by atoms with Gasteiger partial charge < -0.3 is 0 Å². The fourth-order valence-electron chi connectivity index (χ4n) is 2.10. The van der Waals surface area contributed by atoms with E-state index in [2.05, 4.69) is 9.97 Å². The Morgan fingerprint density at radius 1 is 1.06 bits per heavy atom. The number of hydrogen-bond donors (Lipinski definition) is 0. The molecule has 3 rings (SSSR count). The average Bonchev–Trinajstić information content (AvgIpc) is 2.27. The molecule has 2 nitrogen and oxygen atoms in total. The van der Waals surface area contributed by atoms with Crippen LogP contribution in [0.3, 0.4) is 0 Å². The first-order valence-corrected chi connectivity index (χ1v) is 6.06. The first-order valence-electron chi connectivity index (χ1n) is 5.31. The molecule has 0 fully saturated rings. The van der Waals surface area contributed by atoms with E-state index in [1.54, 1.807) is 0 Å². The number of nitrogens with zero attached hydrogens (tertiary/aromatic N) is 2. The van der Waals surface area contributed by atoms with Crippen LogP contribution in [0.15, 0.2) is 24.3 Å². The van der Waals surface area contributed by atoms with Crippen LogP contribution in [0.4, 0.5) is 0 Å². The molecule has 1 aliphatic rings. The van der Waals surface area contributed by atoms with Gasteiger partial charge in [-0.05, 0) is 31.4 Å². The number of alkyl halides is 2. The predicted molar refractivity (Wildman–Crippen MR) is 65.9 cm³/mol. The topological polar surface area (TPSA) is 25.8 Å². The zero-order valence-electron chi connectivity index (χ0n) is 8.58. The van der Waals surface area contributed by atoms with Gasteiger partial charge in [-0.15, -0.1) is 0 Å². The molecule has 1 aromatic heterocycles. The third kappa shape index (κ3) is 1.57. The minimum atomic E-state index is -0.870. The Balaban J connectivity index is 2.30. The van der Waals surface area contributed by atoms with Crippen molar-refractivity contribution in [2.24, 2.45) is 0 Å². The number of aryl methyl sites for hydroxylation is 1. The molecule has 0 saturated heterocycles. The standard InChI is InChI=1S/C12H10Cl2N2/c13-12(14)7-3-6-10-11(12)16-9-5-2-1-4-8(9)15-10/h1-2,4-5H,3,6-7H2. The van der Waals surface area contributed by atoms with Gasteiger partial charge in [-0.3, -0.25) is 0 Å². The molecule has 0 spiro atoms. The lowest BCUT2D eigenvalue weighted by molar-refractivity contribution is 0.597. The number of halogens is 2. The first-order chi connectivity index (χ1) is 7.67. The van der Waals surface area contributed by atoms with E-state index in [9.17, 15) is 0 Å². The summed E-state index contributed by atoms with van der Waals surface area (Å²) in [6, 6.07) is 7.79. The van der Waals surface area contributed by atoms with Crippen molar-refractivity contribution in [1.29, 1.82) is 0 Å². The van der Waals surface area contributed by atoms with Gasteiger partial charge >= 0.3 is 0 Å². The van der Waals surface area contributed by atoms with E-state index in [1.165, 1.54) is 0 Å². The van der Waals surface area contributed by atoms with Crippen LogP contribution in [0.2, 0.25) is 0 Å². The van der Waals surface area contributed by atoms with Gasteiger partial charge in [-0.25, -0.2) is 9.97 Å². The van der Waals surface area contributed by atoms with Crippen LogP contribution in [0, 0.1) is 0 Å². The average molecular weight is 253 g/mol. The van der Waals surface area contributed by atoms with Gasteiger partial charge in [0.15, 0.2) is 4.33 Å². The third-order valence-corrected chi connectivity index (χ3v) is 3.63. The molecule has 0 atom stereocenters. The fraction of sp³-hybridized carbons (Fsp3) is 0.333. The first kappa shape index (κ1) is 10.3. The summed E-state index contributed by atoms with van der Waals surface area (Å²) in [5.74, 6) is 0. The van der Waals surface area contributed by atoms with E-state index < -0.39 is 4.33 Å². The molecule has 1 aromatic carbocycles. The molecule has 0 bridgehead atoms. The molecule has 2 aromatic rings. The molecule has 16 heavy (non-hydrogen) atoms. The van der Waals surface area contributed by atoms with E-state index in [4.69, 9.17) is 23.2 Å². The molecule has 0 amide bonds. The van der Waals surface area contributed by atoms with Gasteiger partial charge in [0.1, 0.15) is 0 Å². The van der Waals surface area contributed by atoms with Crippen LogP contribution in [-0.2, 0) is 10.8 Å². The summed E-state index contributed by atoms with van der Waals surface area (Å²) in [6.45, 7) is 0. The second-order valence-corrected chi connectivity index (χ2v) is 5.55. The van der Waals surface area contributed by atoms with Crippen LogP contribution in [0.5, 0.6) is 0 Å². The summed E-state index contributed by atoms with van der Waals surface area (Å²) in [5.41, 5.74) is 3.44. The Hall–Kier alpha value is -0.860. The summed E-state index contributed by atoms with van der Waals surface area (Å²) in [4.78, 5) is 9.12. The minimum absolute atomic E-state index is 0.737. The molecular weight excluding hydrogens is 243 g/mol. The number of para-hydroxylation sites is 2. The van der Waals surface area contributed by atoms with Crippen LogP contribution in [0.1, 0.15) is 24.2 Å². The van der Waals surface area contributed by atoms with E-state index in [0.717, 1.165) is 41.7 Å². The van der Waals surface area contributed by atoms with E-state index >= 15 is 0 Å². The van der Waals surface area contributed by atoms with Gasteiger partial charge in [0, 0.05) is 0 Å². The Kier molecular flexibility index (Phi) is 2.30. The predicted octanol–water partition coefficient (Wildman–Crippen LogP) is 3.60. The lowest BCUT2D eigenvalue weighted by Gasteiger charge is -2.26. The second-order valence-electron chi connectivity index (χ2n) is 4.07. The maximum atomic E-state index is 6.27. The van der Waals surface area contributed by atoms with Crippen molar-refractivity contribution < 1.29 is 0 Å². The highest BCUT2D eigenvalue weighted by Gasteiger charge is 2.35. The van der Waals surface area contributed by atoms with Gasteiger partial charge in [-0.1, -0.05) is 35.3 Å². The molecular formula is C12H10Cl2N2. The minimum Gasteiger partial charge on any atom is -0.249 e. The molecule has 82 valence electrons. The van der Waals surface area contributed by atoms with E-state index in [1.807, 2.05) is 24.3 Å². The zero-order chi connectivity index (χ0) is 11.2. The summed E-state index contributed by atoms with van der Waals surface area (Å²) < 4.78 is -0.870. The summed E-state index contributed by atoms with van der Waals surface area (Å²) in [7, 11) is 0. The SMILES string of the molecule is ClC1(Cl)CCCc2nc3ccccc3nc21. The largest absolute Gasteiger partial charge is 0.249 e. The monoisotopic (exact) mass is 252 g/mol.